The number of pyridine rings is 1. The van der Waals surface area contributed by atoms with Gasteiger partial charge < -0.3 is 9.80 Å². The van der Waals surface area contributed by atoms with Gasteiger partial charge in [-0.2, -0.15) is 4.37 Å². The van der Waals surface area contributed by atoms with Crippen LogP contribution >= 0.6 is 11.5 Å². The second-order valence-electron chi connectivity index (χ2n) is 4.29. The number of aromatic nitrogens is 3. The molecule has 94 valence electrons. The third-order valence-electron chi connectivity index (χ3n) is 3.04. The van der Waals surface area contributed by atoms with Gasteiger partial charge in [0.05, 0.1) is 0 Å². The Morgan fingerprint density at radius 3 is 2.50 bits per heavy atom. The molecule has 3 rings (SSSR count). The summed E-state index contributed by atoms with van der Waals surface area (Å²) in [5.74, 6) is 1.92. The molecular weight excluding hydrogens is 246 g/mol. The number of rotatable bonds is 2. The van der Waals surface area contributed by atoms with E-state index in [2.05, 4.69) is 30.2 Å². The van der Waals surface area contributed by atoms with Crippen molar-refractivity contribution in [2.45, 2.75) is 6.92 Å². The molecule has 5 nitrogen and oxygen atoms in total. The summed E-state index contributed by atoms with van der Waals surface area (Å²) in [6.07, 6.45) is 1.84. The summed E-state index contributed by atoms with van der Waals surface area (Å²) in [5, 5.41) is 1.04. The molecule has 0 unspecified atom stereocenters. The van der Waals surface area contributed by atoms with Crippen LogP contribution in [-0.4, -0.2) is 40.5 Å². The van der Waals surface area contributed by atoms with Crippen molar-refractivity contribution < 1.29 is 0 Å². The smallest absolute Gasteiger partial charge is 0.205 e. The molecule has 6 heteroatoms. The van der Waals surface area contributed by atoms with Gasteiger partial charge >= 0.3 is 0 Å². The summed E-state index contributed by atoms with van der Waals surface area (Å²) < 4.78 is 4.23. The first-order valence-corrected chi connectivity index (χ1v) is 6.81. The molecule has 0 amide bonds. The van der Waals surface area contributed by atoms with Crippen LogP contribution in [0.4, 0.5) is 10.9 Å². The van der Waals surface area contributed by atoms with Crippen LogP contribution < -0.4 is 9.80 Å². The maximum atomic E-state index is 4.43. The quantitative estimate of drug-likeness (QED) is 0.821. The summed E-state index contributed by atoms with van der Waals surface area (Å²) in [7, 11) is 0. The molecule has 0 saturated carbocycles. The highest BCUT2D eigenvalue weighted by atomic mass is 32.1. The number of aryl methyl sites for hydroxylation is 1. The van der Waals surface area contributed by atoms with Crippen molar-refractivity contribution >= 4 is 22.5 Å². The fourth-order valence-electron chi connectivity index (χ4n) is 2.08. The van der Waals surface area contributed by atoms with E-state index in [0.29, 0.717) is 0 Å². The van der Waals surface area contributed by atoms with E-state index >= 15 is 0 Å². The largest absolute Gasteiger partial charge is 0.353 e. The van der Waals surface area contributed by atoms with Gasteiger partial charge in [-0.1, -0.05) is 6.07 Å². The summed E-state index contributed by atoms with van der Waals surface area (Å²) in [4.78, 5) is 13.4. The molecule has 2 aromatic rings. The van der Waals surface area contributed by atoms with E-state index in [1.54, 1.807) is 0 Å². The van der Waals surface area contributed by atoms with Crippen LogP contribution in [0.5, 0.6) is 0 Å². The molecule has 1 aliphatic heterocycles. The molecule has 0 spiro atoms. The van der Waals surface area contributed by atoms with E-state index in [-0.39, 0.29) is 0 Å². The van der Waals surface area contributed by atoms with Gasteiger partial charge in [0.25, 0.3) is 0 Å². The van der Waals surface area contributed by atoms with Crippen LogP contribution in [0.25, 0.3) is 0 Å². The van der Waals surface area contributed by atoms with E-state index in [1.807, 2.05) is 25.3 Å². The van der Waals surface area contributed by atoms with E-state index in [0.717, 1.165) is 43.0 Å². The molecule has 0 N–H and O–H groups in total. The van der Waals surface area contributed by atoms with Crippen LogP contribution in [0.3, 0.4) is 0 Å². The standard InChI is InChI=1S/C12H15N5S/c1-10-14-12(18-15-10)17-8-6-16(7-9-17)11-4-2-3-5-13-11/h2-5H,6-9H2,1H3. The number of piperazine rings is 1. The zero-order valence-corrected chi connectivity index (χ0v) is 11.1. The molecule has 0 radical (unpaired) electrons. The predicted molar refractivity (Wildman–Crippen MR) is 73.3 cm³/mol. The Kier molecular flexibility index (Phi) is 3.10. The van der Waals surface area contributed by atoms with Crippen molar-refractivity contribution in [2.75, 3.05) is 36.0 Å². The Bertz CT molecular complexity index is 504. The van der Waals surface area contributed by atoms with Gasteiger partial charge in [-0.15, -0.1) is 0 Å². The lowest BCUT2D eigenvalue weighted by Gasteiger charge is -2.34. The Labute approximate surface area is 110 Å². The van der Waals surface area contributed by atoms with Gasteiger partial charge in [-0.05, 0) is 19.1 Å². The Morgan fingerprint density at radius 1 is 1.11 bits per heavy atom. The third-order valence-corrected chi connectivity index (χ3v) is 3.91. The highest BCUT2D eigenvalue weighted by molar-refractivity contribution is 7.09. The van der Waals surface area contributed by atoms with Gasteiger partial charge in [-0.25, -0.2) is 9.97 Å². The third kappa shape index (κ3) is 2.28. The van der Waals surface area contributed by atoms with Crippen molar-refractivity contribution in [3.63, 3.8) is 0 Å². The number of hydrogen-bond acceptors (Lipinski definition) is 6. The molecule has 2 aromatic heterocycles. The number of anilines is 2. The Hall–Kier alpha value is -1.69. The monoisotopic (exact) mass is 261 g/mol. The fraction of sp³-hybridized carbons (Fsp3) is 0.417. The molecule has 1 fully saturated rings. The highest BCUT2D eigenvalue weighted by Crippen LogP contribution is 2.20. The Balaban J connectivity index is 1.65. The second-order valence-corrected chi connectivity index (χ2v) is 5.02. The summed E-state index contributed by atoms with van der Waals surface area (Å²) in [6.45, 7) is 5.85. The molecule has 0 atom stereocenters. The Morgan fingerprint density at radius 2 is 1.89 bits per heavy atom. The van der Waals surface area contributed by atoms with Gasteiger partial charge in [0.15, 0.2) is 0 Å². The van der Waals surface area contributed by atoms with Crippen molar-refractivity contribution in [1.82, 2.24) is 14.3 Å². The van der Waals surface area contributed by atoms with Gasteiger partial charge in [0.2, 0.25) is 5.13 Å². The minimum Gasteiger partial charge on any atom is -0.353 e. The summed E-state index contributed by atoms with van der Waals surface area (Å²) >= 11 is 1.48. The SMILES string of the molecule is Cc1nsc(N2CCN(c3ccccn3)CC2)n1. The van der Waals surface area contributed by atoms with Gasteiger partial charge in [0.1, 0.15) is 11.6 Å². The highest BCUT2D eigenvalue weighted by Gasteiger charge is 2.20. The predicted octanol–water partition coefficient (Wildman–Crippen LogP) is 1.57. The first kappa shape index (κ1) is 11.4. The zero-order chi connectivity index (χ0) is 12.4. The van der Waals surface area contributed by atoms with Crippen molar-refractivity contribution in [2.24, 2.45) is 0 Å². The average molecular weight is 261 g/mol. The number of nitrogens with zero attached hydrogens (tertiary/aromatic N) is 5. The molecule has 1 saturated heterocycles. The molecule has 1 aliphatic rings. The average Bonchev–Trinajstić information content (AvgIpc) is 2.87. The van der Waals surface area contributed by atoms with Gasteiger partial charge in [-0.3, -0.25) is 0 Å². The second kappa shape index (κ2) is 4.89. The van der Waals surface area contributed by atoms with E-state index in [9.17, 15) is 0 Å². The van der Waals surface area contributed by atoms with Crippen LogP contribution in [0.1, 0.15) is 5.82 Å². The van der Waals surface area contributed by atoms with Crippen LogP contribution in [-0.2, 0) is 0 Å². The van der Waals surface area contributed by atoms with Gasteiger partial charge in [0, 0.05) is 43.9 Å². The normalized spacial score (nSPS) is 16.1. The molecule has 0 aromatic carbocycles. The molecule has 3 heterocycles. The fourth-order valence-corrected chi connectivity index (χ4v) is 2.81. The van der Waals surface area contributed by atoms with Crippen LogP contribution in [0.2, 0.25) is 0 Å². The molecule has 18 heavy (non-hydrogen) atoms. The van der Waals surface area contributed by atoms with E-state index in [4.69, 9.17) is 0 Å². The molecule has 0 bridgehead atoms. The lowest BCUT2D eigenvalue weighted by atomic mass is 10.3. The first-order valence-electron chi connectivity index (χ1n) is 6.04. The van der Waals surface area contributed by atoms with Crippen molar-refractivity contribution in [1.29, 1.82) is 0 Å². The molecular formula is C12H15N5S. The minimum absolute atomic E-state index is 0.863. The topological polar surface area (TPSA) is 45.2 Å². The number of hydrogen-bond donors (Lipinski definition) is 0. The summed E-state index contributed by atoms with van der Waals surface area (Å²) in [6, 6.07) is 6.04. The lowest BCUT2D eigenvalue weighted by Crippen LogP contribution is -2.46. The minimum atomic E-state index is 0.863. The maximum absolute atomic E-state index is 4.43. The zero-order valence-electron chi connectivity index (χ0n) is 10.3. The van der Waals surface area contributed by atoms with E-state index in [1.165, 1.54) is 11.5 Å². The van der Waals surface area contributed by atoms with Crippen molar-refractivity contribution in [3.05, 3.63) is 30.2 Å². The van der Waals surface area contributed by atoms with Crippen LogP contribution in [0, 0.1) is 6.92 Å². The van der Waals surface area contributed by atoms with E-state index < -0.39 is 0 Å². The van der Waals surface area contributed by atoms with Crippen molar-refractivity contribution in [3.8, 4) is 0 Å². The maximum Gasteiger partial charge on any atom is 0.205 e. The first-order chi connectivity index (χ1) is 8.83. The summed E-state index contributed by atoms with van der Waals surface area (Å²) in [5.41, 5.74) is 0. The van der Waals surface area contributed by atoms with Crippen LogP contribution in [0.15, 0.2) is 24.4 Å². The lowest BCUT2D eigenvalue weighted by molar-refractivity contribution is 0.645. The molecule has 0 aliphatic carbocycles.